The Morgan fingerprint density at radius 1 is 1.17 bits per heavy atom. The minimum atomic E-state index is -1.33. The molecule has 0 heterocycles. The molecule has 0 spiro atoms. The highest BCUT2D eigenvalue weighted by atomic mass is 16.6. The molecule has 0 unspecified atom stereocenters. The number of anilines is 1. The lowest BCUT2D eigenvalue weighted by atomic mass is 10.1. The van der Waals surface area contributed by atoms with E-state index in [2.05, 4.69) is 5.32 Å². The standard InChI is InChI=1S/C14H18N2O8/c1-22-2-3-23-4-5-24-9-13(17)15-11-6-10(14(18)19)7-12(8-11)16(20)21/h6-8H,2-5,9H2,1H3,(H,15,17)(H,18,19). The van der Waals surface area contributed by atoms with Gasteiger partial charge in [-0.3, -0.25) is 14.9 Å². The smallest absolute Gasteiger partial charge is 0.336 e. The first-order chi connectivity index (χ1) is 11.4. The third-order valence-electron chi connectivity index (χ3n) is 2.70. The first-order valence-corrected chi connectivity index (χ1v) is 6.91. The van der Waals surface area contributed by atoms with Gasteiger partial charge in [0.15, 0.2) is 0 Å². The minimum absolute atomic E-state index is 0.00606. The number of hydrogen-bond donors (Lipinski definition) is 2. The third kappa shape index (κ3) is 7.13. The first-order valence-electron chi connectivity index (χ1n) is 6.91. The van der Waals surface area contributed by atoms with Gasteiger partial charge in [0, 0.05) is 24.9 Å². The molecule has 2 N–H and O–H groups in total. The predicted molar refractivity (Wildman–Crippen MR) is 82.2 cm³/mol. The zero-order chi connectivity index (χ0) is 17.9. The molecule has 0 saturated heterocycles. The van der Waals surface area contributed by atoms with Crippen LogP contribution in [0.1, 0.15) is 10.4 Å². The van der Waals surface area contributed by atoms with Crippen molar-refractivity contribution in [3.05, 3.63) is 33.9 Å². The fourth-order valence-corrected chi connectivity index (χ4v) is 1.64. The molecule has 1 aromatic rings. The van der Waals surface area contributed by atoms with Crippen LogP contribution in [0.25, 0.3) is 0 Å². The molecule has 0 aliphatic heterocycles. The summed E-state index contributed by atoms with van der Waals surface area (Å²) in [6, 6.07) is 3.10. The molecule has 0 bridgehead atoms. The lowest BCUT2D eigenvalue weighted by Crippen LogP contribution is -2.20. The molecule has 0 aromatic heterocycles. The van der Waals surface area contributed by atoms with Crippen molar-refractivity contribution in [1.82, 2.24) is 0 Å². The van der Waals surface area contributed by atoms with E-state index in [0.29, 0.717) is 13.2 Å². The number of nitro groups is 1. The van der Waals surface area contributed by atoms with Crippen LogP contribution < -0.4 is 5.32 Å². The van der Waals surface area contributed by atoms with Crippen LogP contribution in [-0.4, -0.2) is 62.1 Å². The van der Waals surface area contributed by atoms with Gasteiger partial charge < -0.3 is 24.6 Å². The second kappa shape index (κ2) is 10.3. The molecule has 0 aliphatic carbocycles. The Bertz CT molecular complexity index is 558. The molecule has 132 valence electrons. The number of benzene rings is 1. The molecular weight excluding hydrogens is 324 g/mol. The Morgan fingerprint density at radius 2 is 1.83 bits per heavy atom. The second-order valence-electron chi connectivity index (χ2n) is 4.54. The summed E-state index contributed by atoms with van der Waals surface area (Å²) in [5.41, 5.74) is -0.726. The third-order valence-corrected chi connectivity index (χ3v) is 2.70. The zero-order valence-electron chi connectivity index (χ0n) is 13.0. The van der Waals surface area contributed by atoms with Crippen molar-refractivity contribution in [2.24, 2.45) is 0 Å². The van der Waals surface area contributed by atoms with Crippen molar-refractivity contribution in [3.63, 3.8) is 0 Å². The number of carboxylic acid groups (broad SMARTS) is 1. The molecule has 0 atom stereocenters. The van der Waals surface area contributed by atoms with E-state index >= 15 is 0 Å². The van der Waals surface area contributed by atoms with Crippen LogP contribution in [0.15, 0.2) is 18.2 Å². The first kappa shape index (κ1) is 19.5. The van der Waals surface area contributed by atoms with E-state index < -0.39 is 22.5 Å². The quantitative estimate of drug-likeness (QED) is 0.344. The molecule has 10 heteroatoms. The van der Waals surface area contributed by atoms with E-state index in [1.165, 1.54) is 0 Å². The number of carbonyl (C=O) groups excluding carboxylic acids is 1. The number of rotatable bonds is 11. The van der Waals surface area contributed by atoms with Gasteiger partial charge in [0.25, 0.3) is 5.69 Å². The molecule has 0 fully saturated rings. The average Bonchev–Trinajstić information content (AvgIpc) is 2.53. The lowest BCUT2D eigenvalue weighted by molar-refractivity contribution is -0.384. The van der Waals surface area contributed by atoms with E-state index in [0.717, 1.165) is 18.2 Å². The maximum absolute atomic E-state index is 11.7. The normalized spacial score (nSPS) is 10.4. The number of carboxylic acids is 1. The SMILES string of the molecule is COCCOCCOCC(=O)Nc1cc(C(=O)O)cc([N+](=O)[O-])c1. The van der Waals surface area contributed by atoms with Crippen molar-refractivity contribution < 1.29 is 33.8 Å². The highest BCUT2D eigenvalue weighted by Crippen LogP contribution is 2.21. The van der Waals surface area contributed by atoms with Gasteiger partial charge in [-0.05, 0) is 6.07 Å². The maximum atomic E-state index is 11.7. The average molecular weight is 342 g/mol. The summed E-state index contributed by atoms with van der Waals surface area (Å²) in [5, 5.41) is 22.1. The van der Waals surface area contributed by atoms with Crippen molar-refractivity contribution >= 4 is 23.3 Å². The van der Waals surface area contributed by atoms with Crippen LogP contribution in [0.4, 0.5) is 11.4 Å². The summed E-state index contributed by atoms with van der Waals surface area (Å²) in [7, 11) is 1.55. The van der Waals surface area contributed by atoms with Crippen molar-refractivity contribution in [2.75, 3.05) is 45.5 Å². The summed E-state index contributed by atoms with van der Waals surface area (Å²) in [4.78, 5) is 32.7. The summed E-state index contributed by atoms with van der Waals surface area (Å²) in [6.45, 7) is 1.05. The highest BCUT2D eigenvalue weighted by Gasteiger charge is 2.15. The molecule has 1 aromatic carbocycles. The lowest BCUT2D eigenvalue weighted by Gasteiger charge is -2.08. The van der Waals surface area contributed by atoms with Crippen LogP contribution in [0.5, 0.6) is 0 Å². The van der Waals surface area contributed by atoms with Gasteiger partial charge in [-0.15, -0.1) is 0 Å². The van der Waals surface area contributed by atoms with Crippen LogP contribution >= 0.6 is 0 Å². The summed E-state index contributed by atoms with van der Waals surface area (Å²) >= 11 is 0. The number of amides is 1. The molecule has 0 saturated carbocycles. The molecule has 0 aliphatic rings. The molecular formula is C14H18N2O8. The fourth-order valence-electron chi connectivity index (χ4n) is 1.64. The number of hydrogen-bond acceptors (Lipinski definition) is 7. The molecule has 1 amide bonds. The van der Waals surface area contributed by atoms with Gasteiger partial charge in [-0.25, -0.2) is 4.79 Å². The van der Waals surface area contributed by atoms with E-state index in [1.54, 1.807) is 7.11 Å². The topological polar surface area (TPSA) is 137 Å². The maximum Gasteiger partial charge on any atom is 0.336 e. The zero-order valence-corrected chi connectivity index (χ0v) is 13.0. The number of aromatic carboxylic acids is 1. The Hall–Kier alpha value is -2.56. The number of nitrogens with one attached hydrogen (secondary N) is 1. The predicted octanol–water partition coefficient (Wildman–Crippen LogP) is 0.911. The number of methoxy groups -OCH3 is 1. The van der Waals surface area contributed by atoms with Gasteiger partial charge in [0.1, 0.15) is 6.61 Å². The van der Waals surface area contributed by atoms with E-state index in [4.69, 9.17) is 19.3 Å². The highest BCUT2D eigenvalue weighted by molar-refractivity contribution is 5.95. The molecule has 1 rings (SSSR count). The molecule has 24 heavy (non-hydrogen) atoms. The summed E-state index contributed by atoms with van der Waals surface area (Å²) in [6.07, 6.45) is 0. The van der Waals surface area contributed by atoms with Crippen molar-refractivity contribution in [3.8, 4) is 0 Å². The van der Waals surface area contributed by atoms with Gasteiger partial charge in [0.2, 0.25) is 5.91 Å². The van der Waals surface area contributed by atoms with Crippen LogP contribution in [0.3, 0.4) is 0 Å². The monoisotopic (exact) mass is 342 g/mol. The van der Waals surface area contributed by atoms with E-state index in [9.17, 15) is 19.7 Å². The van der Waals surface area contributed by atoms with Crippen LogP contribution in [-0.2, 0) is 19.0 Å². The molecule has 0 radical (unpaired) electrons. The van der Waals surface area contributed by atoms with Crippen molar-refractivity contribution in [1.29, 1.82) is 0 Å². The number of non-ortho nitro benzene ring substituents is 1. The largest absolute Gasteiger partial charge is 0.478 e. The van der Waals surface area contributed by atoms with Gasteiger partial charge in [0.05, 0.1) is 36.9 Å². The minimum Gasteiger partial charge on any atom is -0.478 e. The van der Waals surface area contributed by atoms with Gasteiger partial charge >= 0.3 is 5.97 Å². The van der Waals surface area contributed by atoms with Gasteiger partial charge in [-0.2, -0.15) is 0 Å². The van der Waals surface area contributed by atoms with Crippen LogP contribution in [0.2, 0.25) is 0 Å². The van der Waals surface area contributed by atoms with Crippen LogP contribution in [0, 0.1) is 10.1 Å². The summed E-state index contributed by atoms with van der Waals surface area (Å²) in [5.74, 6) is -1.90. The number of ether oxygens (including phenoxy) is 3. The van der Waals surface area contributed by atoms with Gasteiger partial charge in [-0.1, -0.05) is 0 Å². The second-order valence-corrected chi connectivity index (χ2v) is 4.54. The molecule has 10 nitrogen and oxygen atoms in total. The van der Waals surface area contributed by atoms with Crippen molar-refractivity contribution in [2.45, 2.75) is 0 Å². The Balaban J connectivity index is 2.48. The number of nitro benzene ring substituents is 1. The summed E-state index contributed by atoms with van der Waals surface area (Å²) < 4.78 is 15.0. The van der Waals surface area contributed by atoms with E-state index in [-0.39, 0.29) is 31.1 Å². The fraction of sp³-hybridized carbons (Fsp3) is 0.429. The Kier molecular flexibility index (Phi) is 8.33. The number of carbonyl (C=O) groups is 2. The van der Waals surface area contributed by atoms with E-state index in [1.807, 2.05) is 0 Å². The Labute approximate surface area is 137 Å². The number of nitrogens with zero attached hydrogens (tertiary/aromatic N) is 1. The Morgan fingerprint density at radius 3 is 2.46 bits per heavy atom.